The molecule has 19 heavy (non-hydrogen) atoms. The van der Waals surface area contributed by atoms with Crippen LogP contribution >= 0.6 is 0 Å². The molecule has 3 N–H and O–H groups in total. The fraction of sp³-hybridized carbons (Fsp3) is 0.933. The Labute approximate surface area is 116 Å². The molecular weight excluding hydrogens is 240 g/mol. The predicted molar refractivity (Wildman–Crippen MR) is 75.8 cm³/mol. The van der Waals surface area contributed by atoms with Gasteiger partial charge in [0.2, 0.25) is 5.91 Å². The van der Waals surface area contributed by atoms with Crippen molar-refractivity contribution in [3.8, 4) is 0 Å². The highest BCUT2D eigenvalue weighted by molar-refractivity contribution is 5.79. The maximum atomic E-state index is 12.0. The Morgan fingerprint density at radius 1 is 1.05 bits per heavy atom. The Kier molecular flexibility index (Phi) is 6.11. The van der Waals surface area contributed by atoms with Gasteiger partial charge in [-0.3, -0.25) is 4.79 Å². The van der Waals surface area contributed by atoms with Crippen LogP contribution in [0.1, 0.15) is 57.8 Å². The number of nitrogens with two attached hydrogens (primary N) is 1. The summed E-state index contributed by atoms with van der Waals surface area (Å²) in [4.78, 5) is 12.0. The first-order chi connectivity index (χ1) is 9.27. The maximum absolute atomic E-state index is 12.0. The van der Waals surface area contributed by atoms with E-state index in [1.54, 1.807) is 0 Å². The van der Waals surface area contributed by atoms with Gasteiger partial charge in [-0.05, 0) is 25.7 Å². The summed E-state index contributed by atoms with van der Waals surface area (Å²) in [5, 5.41) is 2.98. The molecule has 0 aromatic carbocycles. The van der Waals surface area contributed by atoms with Crippen molar-refractivity contribution in [1.29, 1.82) is 0 Å². The lowest BCUT2D eigenvalue weighted by Crippen LogP contribution is -2.44. The van der Waals surface area contributed by atoms with E-state index in [-0.39, 0.29) is 17.9 Å². The lowest BCUT2D eigenvalue weighted by Gasteiger charge is -2.27. The van der Waals surface area contributed by atoms with Crippen LogP contribution in [0.4, 0.5) is 0 Å². The van der Waals surface area contributed by atoms with Crippen LogP contribution in [-0.4, -0.2) is 31.2 Å². The Hall–Kier alpha value is -0.610. The molecule has 2 rings (SSSR count). The summed E-state index contributed by atoms with van der Waals surface area (Å²) in [5.74, 6) is 0.142. The van der Waals surface area contributed by atoms with E-state index in [1.807, 2.05) is 0 Å². The van der Waals surface area contributed by atoms with E-state index in [9.17, 15) is 4.79 Å². The molecule has 0 radical (unpaired) electrons. The topological polar surface area (TPSA) is 64.4 Å². The van der Waals surface area contributed by atoms with E-state index in [0.717, 1.165) is 25.7 Å². The first-order valence-electron chi connectivity index (χ1n) is 7.92. The van der Waals surface area contributed by atoms with Gasteiger partial charge in [-0.1, -0.05) is 32.1 Å². The molecule has 110 valence electrons. The van der Waals surface area contributed by atoms with Gasteiger partial charge in [0.25, 0.3) is 0 Å². The molecular formula is C15H28N2O2. The van der Waals surface area contributed by atoms with Gasteiger partial charge < -0.3 is 15.8 Å². The van der Waals surface area contributed by atoms with Crippen LogP contribution in [0.5, 0.6) is 0 Å². The van der Waals surface area contributed by atoms with Crippen molar-refractivity contribution in [2.24, 2.45) is 11.7 Å². The third-order valence-corrected chi connectivity index (χ3v) is 4.46. The van der Waals surface area contributed by atoms with Gasteiger partial charge in [0.1, 0.15) is 0 Å². The van der Waals surface area contributed by atoms with Gasteiger partial charge in [0, 0.05) is 12.6 Å². The highest BCUT2D eigenvalue weighted by Gasteiger charge is 2.27. The molecule has 2 atom stereocenters. The molecule has 1 amide bonds. The zero-order valence-corrected chi connectivity index (χ0v) is 11.9. The van der Waals surface area contributed by atoms with E-state index in [4.69, 9.17) is 10.5 Å². The van der Waals surface area contributed by atoms with Crippen LogP contribution in [0.15, 0.2) is 0 Å². The number of carbonyl (C=O) groups excluding carboxylic acids is 1. The van der Waals surface area contributed by atoms with Gasteiger partial charge in [0.05, 0.1) is 18.6 Å². The normalized spacial score (nSPS) is 29.1. The number of amides is 1. The highest BCUT2D eigenvalue weighted by Crippen LogP contribution is 2.23. The monoisotopic (exact) mass is 268 g/mol. The molecule has 0 spiro atoms. The average Bonchev–Trinajstić information content (AvgIpc) is 2.45. The number of hydrogen-bond donors (Lipinski definition) is 2. The molecule has 2 aliphatic rings. The van der Waals surface area contributed by atoms with Crippen molar-refractivity contribution >= 4 is 5.91 Å². The summed E-state index contributed by atoms with van der Waals surface area (Å²) < 4.78 is 5.80. The predicted octanol–water partition coefficient (Wildman–Crippen LogP) is 1.97. The number of rotatable bonds is 5. The zero-order valence-electron chi connectivity index (χ0n) is 11.9. The van der Waals surface area contributed by atoms with Crippen LogP contribution in [-0.2, 0) is 9.53 Å². The minimum atomic E-state index is 0.0171. The number of hydrogen-bond acceptors (Lipinski definition) is 3. The molecule has 0 saturated heterocycles. The Morgan fingerprint density at radius 2 is 1.74 bits per heavy atom. The summed E-state index contributed by atoms with van der Waals surface area (Å²) in [5.41, 5.74) is 6.01. The maximum Gasteiger partial charge on any atom is 0.224 e. The third-order valence-electron chi connectivity index (χ3n) is 4.46. The molecule has 4 nitrogen and oxygen atoms in total. The fourth-order valence-corrected chi connectivity index (χ4v) is 3.25. The molecule has 0 bridgehead atoms. The molecule has 0 aromatic heterocycles. The summed E-state index contributed by atoms with van der Waals surface area (Å²) in [6.07, 6.45) is 10.9. The van der Waals surface area contributed by atoms with Crippen LogP contribution in [0.25, 0.3) is 0 Å². The van der Waals surface area contributed by atoms with Gasteiger partial charge in [-0.15, -0.1) is 0 Å². The molecule has 0 aromatic rings. The second-order valence-electron chi connectivity index (χ2n) is 5.98. The quantitative estimate of drug-likeness (QED) is 0.749. The van der Waals surface area contributed by atoms with Crippen molar-refractivity contribution in [1.82, 2.24) is 5.32 Å². The van der Waals surface area contributed by atoms with Gasteiger partial charge in [-0.2, -0.15) is 0 Å². The van der Waals surface area contributed by atoms with Crippen molar-refractivity contribution in [3.63, 3.8) is 0 Å². The summed E-state index contributed by atoms with van der Waals surface area (Å²) >= 11 is 0. The summed E-state index contributed by atoms with van der Waals surface area (Å²) in [6, 6.07) is 0.0491. The summed E-state index contributed by atoms with van der Waals surface area (Å²) in [7, 11) is 0. The highest BCUT2D eigenvalue weighted by atomic mass is 16.5. The Morgan fingerprint density at radius 3 is 2.47 bits per heavy atom. The Bertz CT molecular complexity index is 277. The fourth-order valence-electron chi connectivity index (χ4n) is 3.25. The van der Waals surface area contributed by atoms with Crippen LogP contribution in [0.3, 0.4) is 0 Å². The van der Waals surface area contributed by atoms with Crippen molar-refractivity contribution in [2.75, 3.05) is 13.2 Å². The lowest BCUT2D eigenvalue weighted by atomic mass is 9.84. The molecule has 2 unspecified atom stereocenters. The van der Waals surface area contributed by atoms with E-state index in [0.29, 0.717) is 19.3 Å². The first-order valence-corrected chi connectivity index (χ1v) is 7.92. The molecule has 0 heterocycles. The van der Waals surface area contributed by atoms with Crippen LogP contribution < -0.4 is 11.1 Å². The van der Waals surface area contributed by atoms with Gasteiger partial charge in [0.15, 0.2) is 0 Å². The molecule has 2 aliphatic carbocycles. The SMILES string of the molecule is NC1CCCCC1C(=O)NCCOC1CCCCC1. The van der Waals surface area contributed by atoms with Crippen molar-refractivity contribution in [2.45, 2.75) is 69.9 Å². The first kappa shape index (κ1) is 14.8. The number of nitrogens with one attached hydrogen (secondary N) is 1. The number of carbonyl (C=O) groups is 1. The third kappa shape index (κ3) is 4.77. The van der Waals surface area contributed by atoms with Gasteiger partial charge >= 0.3 is 0 Å². The average molecular weight is 268 g/mol. The Balaban J connectivity index is 1.58. The van der Waals surface area contributed by atoms with Gasteiger partial charge in [-0.25, -0.2) is 0 Å². The second-order valence-corrected chi connectivity index (χ2v) is 5.98. The second kappa shape index (κ2) is 7.85. The summed E-state index contributed by atoms with van der Waals surface area (Å²) in [6.45, 7) is 1.26. The minimum absolute atomic E-state index is 0.0171. The molecule has 0 aliphatic heterocycles. The molecule has 4 heteroatoms. The number of ether oxygens (including phenoxy) is 1. The standard InChI is InChI=1S/C15H28N2O2/c16-14-9-5-4-8-13(14)15(18)17-10-11-19-12-6-2-1-3-7-12/h12-14H,1-11,16H2,(H,17,18). The van der Waals surface area contributed by atoms with Crippen LogP contribution in [0.2, 0.25) is 0 Å². The zero-order chi connectivity index (χ0) is 13.5. The minimum Gasteiger partial charge on any atom is -0.376 e. The van der Waals surface area contributed by atoms with E-state index >= 15 is 0 Å². The van der Waals surface area contributed by atoms with E-state index in [2.05, 4.69) is 5.32 Å². The lowest BCUT2D eigenvalue weighted by molar-refractivity contribution is -0.126. The molecule has 2 fully saturated rings. The molecule has 2 saturated carbocycles. The smallest absolute Gasteiger partial charge is 0.224 e. The van der Waals surface area contributed by atoms with Crippen LogP contribution in [0, 0.1) is 5.92 Å². The van der Waals surface area contributed by atoms with Crippen molar-refractivity contribution < 1.29 is 9.53 Å². The van der Waals surface area contributed by atoms with E-state index in [1.165, 1.54) is 32.1 Å². The van der Waals surface area contributed by atoms with E-state index < -0.39 is 0 Å². The van der Waals surface area contributed by atoms with Crippen molar-refractivity contribution in [3.05, 3.63) is 0 Å². The largest absolute Gasteiger partial charge is 0.376 e.